The van der Waals surface area contributed by atoms with Gasteiger partial charge in [-0.2, -0.15) is 5.10 Å². The number of rotatable bonds is 2. The highest BCUT2D eigenvalue weighted by molar-refractivity contribution is 5.33. The Kier molecular flexibility index (Phi) is 3.92. The van der Waals surface area contributed by atoms with Gasteiger partial charge in [-0.05, 0) is 50.6 Å². The number of nitrogens with zero attached hydrogens (tertiary/aromatic N) is 2. The van der Waals surface area contributed by atoms with Gasteiger partial charge < -0.3 is 5.32 Å². The van der Waals surface area contributed by atoms with Crippen LogP contribution >= 0.6 is 0 Å². The molecule has 2 heterocycles. The number of nitrogens with one attached hydrogen (secondary N) is 1. The molecule has 0 amide bonds. The summed E-state index contributed by atoms with van der Waals surface area (Å²) in [7, 11) is 2.14. The van der Waals surface area contributed by atoms with Crippen molar-refractivity contribution in [3.8, 4) is 0 Å². The second kappa shape index (κ2) is 5.66. The lowest BCUT2D eigenvalue weighted by molar-refractivity contribution is 0.416. The number of aromatic nitrogens is 2. The fourth-order valence-electron chi connectivity index (χ4n) is 4.16. The normalized spacial score (nSPS) is 25.7. The van der Waals surface area contributed by atoms with E-state index < -0.39 is 0 Å². The van der Waals surface area contributed by atoms with Crippen molar-refractivity contribution in [2.24, 2.45) is 7.05 Å². The molecule has 19 heavy (non-hydrogen) atoms. The highest BCUT2D eigenvalue weighted by Crippen LogP contribution is 2.39. The van der Waals surface area contributed by atoms with Crippen molar-refractivity contribution < 1.29 is 0 Å². The third kappa shape index (κ3) is 2.58. The molecule has 106 valence electrons. The molecule has 1 saturated heterocycles. The molecule has 1 unspecified atom stereocenters. The van der Waals surface area contributed by atoms with Crippen LogP contribution in [0.2, 0.25) is 0 Å². The van der Waals surface area contributed by atoms with E-state index in [2.05, 4.69) is 24.0 Å². The molecule has 1 N–H and O–H groups in total. The molecule has 1 atom stereocenters. The first kappa shape index (κ1) is 13.2. The van der Waals surface area contributed by atoms with Gasteiger partial charge in [0.25, 0.3) is 0 Å². The minimum absolute atomic E-state index is 0.678. The molecule has 0 bridgehead atoms. The van der Waals surface area contributed by atoms with E-state index in [1.807, 2.05) is 0 Å². The Morgan fingerprint density at radius 2 is 1.79 bits per heavy atom. The van der Waals surface area contributed by atoms with E-state index in [0.29, 0.717) is 5.92 Å². The highest BCUT2D eigenvalue weighted by Gasteiger charge is 2.28. The second-order valence-electron chi connectivity index (χ2n) is 6.39. The quantitative estimate of drug-likeness (QED) is 0.885. The molecule has 2 aliphatic rings. The Balaban J connectivity index is 1.92. The van der Waals surface area contributed by atoms with E-state index in [1.165, 1.54) is 62.9 Å². The number of aryl methyl sites for hydroxylation is 2. The predicted molar refractivity (Wildman–Crippen MR) is 78.6 cm³/mol. The van der Waals surface area contributed by atoms with Crippen molar-refractivity contribution in [1.29, 1.82) is 0 Å². The summed E-state index contributed by atoms with van der Waals surface area (Å²) >= 11 is 0. The second-order valence-corrected chi connectivity index (χ2v) is 6.39. The van der Waals surface area contributed by atoms with Crippen molar-refractivity contribution >= 4 is 0 Å². The van der Waals surface area contributed by atoms with Crippen LogP contribution in [0.25, 0.3) is 0 Å². The average molecular weight is 261 g/mol. The minimum atomic E-state index is 0.678. The lowest BCUT2D eigenvalue weighted by Gasteiger charge is -2.28. The molecule has 3 heteroatoms. The van der Waals surface area contributed by atoms with Crippen LogP contribution in [0.15, 0.2) is 0 Å². The molecule has 0 aromatic carbocycles. The maximum Gasteiger partial charge on any atom is 0.0631 e. The van der Waals surface area contributed by atoms with Gasteiger partial charge in [0.1, 0.15) is 0 Å². The maximum absolute atomic E-state index is 4.75. The third-order valence-corrected chi connectivity index (χ3v) is 5.01. The van der Waals surface area contributed by atoms with Gasteiger partial charge in [0.2, 0.25) is 0 Å². The van der Waals surface area contributed by atoms with E-state index in [1.54, 1.807) is 5.56 Å². The van der Waals surface area contributed by atoms with Gasteiger partial charge in [-0.3, -0.25) is 4.68 Å². The van der Waals surface area contributed by atoms with Crippen LogP contribution in [0, 0.1) is 6.92 Å². The summed E-state index contributed by atoms with van der Waals surface area (Å²) in [6.45, 7) is 4.54. The van der Waals surface area contributed by atoms with Crippen LogP contribution in [0.4, 0.5) is 0 Å². The Bertz CT molecular complexity index is 385. The lowest BCUT2D eigenvalue weighted by Crippen LogP contribution is -2.30. The molecule has 0 radical (unpaired) electrons. The van der Waals surface area contributed by atoms with Gasteiger partial charge in [0, 0.05) is 25.2 Å². The molecule has 1 aliphatic carbocycles. The fraction of sp³-hybridized carbons (Fsp3) is 0.812. The van der Waals surface area contributed by atoms with Crippen molar-refractivity contribution in [1.82, 2.24) is 15.1 Å². The maximum atomic E-state index is 4.75. The van der Waals surface area contributed by atoms with Gasteiger partial charge in [0.15, 0.2) is 0 Å². The van der Waals surface area contributed by atoms with E-state index in [0.717, 1.165) is 12.5 Å². The van der Waals surface area contributed by atoms with E-state index in [9.17, 15) is 0 Å². The Morgan fingerprint density at radius 1 is 1.05 bits per heavy atom. The molecule has 3 rings (SSSR count). The highest BCUT2D eigenvalue weighted by atomic mass is 15.3. The molecule has 1 aliphatic heterocycles. The summed E-state index contributed by atoms with van der Waals surface area (Å²) in [5.74, 6) is 1.45. The molecule has 2 fully saturated rings. The molecule has 3 nitrogen and oxygen atoms in total. The number of hydrogen-bond acceptors (Lipinski definition) is 2. The smallest absolute Gasteiger partial charge is 0.0631 e. The summed E-state index contributed by atoms with van der Waals surface area (Å²) in [4.78, 5) is 0. The largest absolute Gasteiger partial charge is 0.316 e. The van der Waals surface area contributed by atoms with Gasteiger partial charge >= 0.3 is 0 Å². The third-order valence-electron chi connectivity index (χ3n) is 5.01. The summed E-state index contributed by atoms with van der Waals surface area (Å²) in [6, 6.07) is 0. The van der Waals surface area contributed by atoms with Crippen molar-refractivity contribution in [3.63, 3.8) is 0 Å². The van der Waals surface area contributed by atoms with Crippen LogP contribution in [0.1, 0.15) is 73.7 Å². The molecule has 1 aromatic rings. The first-order valence-corrected chi connectivity index (χ1v) is 8.01. The Labute approximate surface area is 116 Å². The standard InChI is InChI=1S/C16H27N3/c1-12-15(13-7-4-3-5-8-13)16(19(2)18-12)14-9-6-10-17-11-14/h13-14,17H,3-11H2,1-2H3. The first-order chi connectivity index (χ1) is 9.27. The van der Waals surface area contributed by atoms with Crippen LogP contribution in [0.5, 0.6) is 0 Å². The van der Waals surface area contributed by atoms with Crippen molar-refractivity contribution in [3.05, 3.63) is 17.0 Å². The molecular formula is C16H27N3. The Hall–Kier alpha value is -0.830. The van der Waals surface area contributed by atoms with Gasteiger partial charge in [0.05, 0.1) is 5.69 Å². The molecule has 1 saturated carbocycles. The molecule has 1 aromatic heterocycles. The lowest BCUT2D eigenvalue weighted by atomic mass is 9.80. The van der Waals surface area contributed by atoms with Crippen molar-refractivity contribution in [2.75, 3.05) is 13.1 Å². The van der Waals surface area contributed by atoms with Crippen LogP contribution in [0.3, 0.4) is 0 Å². The molecule has 0 spiro atoms. The van der Waals surface area contributed by atoms with Crippen LogP contribution < -0.4 is 5.32 Å². The topological polar surface area (TPSA) is 29.9 Å². The van der Waals surface area contributed by atoms with E-state index in [-0.39, 0.29) is 0 Å². The monoisotopic (exact) mass is 261 g/mol. The summed E-state index contributed by atoms with van der Waals surface area (Å²) in [5.41, 5.74) is 4.43. The fourth-order valence-corrected chi connectivity index (χ4v) is 4.16. The van der Waals surface area contributed by atoms with E-state index in [4.69, 9.17) is 5.10 Å². The summed E-state index contributed by atoms with van der Waals surface area (Å²) in [6.07, 6.45) is 9.61. The van der Waals surface area contributed by atoms with Gasteiger partial charge in [-0.25, -0.2) is 0 Å². The number of piperidine rings is 1. The zero-order valence-electron chi connectivity index (χ0n) is 12.4. The van der Waals surface area contributed by atoms with Crippen LogP contribution in [-0.4, -0.2) is 22.9 Å². The first-order valence-electron chi connectivity index (χ1n) is 8.01. The molecular weight excluding hydrogens is 234 g/mol. The SMILES string of the molecule is Cc1nn(C)c(C2CCCNC2)c1C1CCCCC1. The Morgan fingerprint density at radius 3 is 2.47 bits per heavy atom. The van der Waals surface area contributed by atoms with Gasteiger partial charge in [-0.1, -0.05) is 19.3 Å². The predicted octanol–water partition coefficient (Wildman–Crippen LogP) is 3.24. The summed E-state index contributed by atoms with van der Waals surface area (Å²) < 4.78 is 2.18. The van der Waals surface area contributed by atoms with Gasteiger partial charge in [-0.15, -0.1) is 0 Å². The minimum Gasteiger partial charge on any atom is -0.316 e. The van der Waals surface area contributed by atoms with Crippen molar-refractivity contribution in [2.45, 2.75) is 63.7 Å². The number of hydrogen-bond donors (Lipinski definition) is 1. The van der Waals surface area contributed by atoms with E-state index >= 15 is 0 Å². The van der Waals surface area contributed by atoms with Crippen LogP contribution in [-0.2, 0) is 7.05 Å². The zero-order valence-corrected chi connectivity index (χ0v) is 12.4. The summed E-state index contributed by atoms with van der Waals surface area (Å²) in [5, 5.41) is 8.31. The average Bonchev–Trinajstić information content (AvgIpc) is 2.75. The zero-order chi connectivity index (χ0) is 13.2.